The molecule has 150 valence electrons. The Morgan fingerprint density at radius 3 is 2.62 bits per heavy atom. The van der Waals surface area contributed by atoms with Crippen molar-refractivity contribution in [3.05, 3.63) is 58.2 Å². The van der Waals surface area contributed by atoms with E-state index in [4.69, 9.17) is 22.3 Å². The number of benzene rings is 1. The SMILES string of the molecule is C/C(=C1/SC(=Nc2cccnc2Cl)N(C2CCCCC2)C1=O)c1ccc(N)cc1. The van der Waals surface area contributed by atoms with Gasteiger partial charge in [0.1, 0.15) is 5.69 Å². The average Bonchev–Trinajstić information content (AvgIpc) is 3.06. The van der Waals surface area contributed by atoms with E-state index in [2.05, 4.69) is 4.98 Å². The molecule has 1 aliphatic carbocycles. The van der Waals surface area contributed by atoms with E-state index in [1.165, 1.54) is 18.2 Å². The minimum absolute atomic E-state index is 0.0231. The molecule has 29 heavy (non-hydrogen) atoms. The van der Waals surface area contributed by atoms with Gasteiger partial charge in [-0.2, -0.15) is 0 Å². The Labute approximate surface area is 180 Å². The quantitative estimate of drug-likeness (QED) is 0.391. The van der Waals surface area contributed by atoms with Gasteiger partial charge in [-0.05, 0) is 66.9 Å². The Morgan fingerprint density at radius 1 is 1.21 bits per heavy atom. The maximum absolute atomic E-state index is 13.5. The summed E-state index contributed by atoms with van der Waals surface area (Å²) in [6.45, 7) is 1.98. The van der Waals surface area contributed by atoms with Crippen LogP contribution in [0.2, 0.25) is 5.15 Å². The summed E-state index contributed by atoms with van der Waals surface area (Å²) in [6, 6.07) is 11.4. The molecule has 1 amide bonds. The normalized spacial score (nSPS) is 21.1. The van der Waals surface area contributed by atoms with Crippen LogP contribution in [0.3, 0.4) is 0 Å². The molecule has 1 saturated heterocycles. The molecule has 0 atom stereocenters. The molecule has 7 heteroatoms. The predicted molar refractivity (Wildman–Crippen MR) is 121 cm³/mol. The van der Waals surface area contributed by atoms with Crippen LogP contribution in [0.1, 0.15) is 44.6 Å². The van der Waals surface area contributed by atoms with Crippen molar-refractivity contribution in [1.29, 1.82) is 0 Å². The zero-order valence-corrected chi connectivity index (χ0v) is 17.8. The molecule has 1 aromatic carbocycles. The van der Waals surface area contributed by atoms with Gasteiger partial charge in [0, 0.05) is 17.9 Å². The van der Waals surface area contributed by atoms with E-state index in [1.54, 1.807) is 12.3 Å². The minimum Gasteiger partial charge on any atom is -0.399 e. The maximum Gasteiger partial charge on any atom is 0.267 e. The van der Waals surface area contributed by atoms with Crippen LogP contribution in [0.25, 0.3) is 5.57 Å². The Bertz CT molecular complexity index is 981. The summed E-state index contributed by atoms with van der Waals surface area (Å²) in [5, 5.41) is 1.02. The van der Waals surface area contributed by atoms with E-state index < -0.39 is 0 Å². The van der Waals surface area contributed by atoms with Gasteiger partial charge in [-0.15, -0.1) is 0 Å². The van der Waals surface area contributed by atoms with E-state index in [0.717, 1.165) is 36.8 Å². The number of amidine groups is 1. The van der Waals surface area contributed by atoms with Crippen LogP contribution in [0, 0.1) is 0 Å². The monoisotopic (exact) mass is 426 g/mol. The minimum atomic E-state index is 0.0231. The number of thioether (sulfide) groups is 1. The molecular weight excluding hydrogens is 404 g/mol. The second-order valence-electron chi connectivity index (χ2n) is 7.35. The highest BCUT2D eigenvalue weighted by molar-refractivity contribution is 8.18. The maximum atomic E-state index is 13.5. The summed E-state index contributed by atoms with van der Waals surface area (Å²) < 4.78 is 0. The highest BCUT2D eigenvalue weighted by atomic mass is 35.5. The Hall–Kier alpha value is -2.31. The van der Waals surface area contributed by atoms with Gasteiger partial charge in [-0.1, -0.05) is 43.0 Å². The number of pyridine rings is 1. The molecule has 1 saturated carbocycles. The smallest absolute Gasteiger partial charge is 0.267 e. The van der Waals surface area contributed by atoms with Crippen molar-refractivity contribution in [2.24, 2.45) is 4.99 Å². The summed E-state index contributed by atoms with van der Waals surface area (Å²) in [5.41, 5.74) is 9.02. The van der Waals surface area contributed by atoms with E-state index in [9.17, 15) is 4.79 Å². The van der Waals surface area contributed by atoms with Crippen LogP contribution < -0.4 is 5.73 Å². The number of aromatic nitrogens is 1. The lowest BCUT2D eigenvalue weighted by atomic mass is 9.94. The van der Waals surface area contributed by atoms with Gasteiger partial charge in [-0.25, -0.2) is 9.98 Å². The van der Waals surface area contributed by atoms with Crippen LogP contribution in [0.15, 0.2) is 52.5 Å². The molecule has 2 N–H and O–H groups in total. The van der Waals surface area contributed by atoms with Gasteiger partial charge in [-0.3, -0.25) is 9.69 Å². The molecule has 1 aliphatic heterocycles. The number of hydrogen-bond donors (Lipinski definition) is 1. The topological polar surface area (TPSA) is 71.6 Å². The first-order chi connectivity index (χ1) is 14.0. The molecule has 0 spiro atoms. The van der Waals surface area contributed by atoms with Crippen molar-refractivity contribution in [2.45, 2.75) is 45.1 Å². The Balaban J connectivity index is 1.76. The molecule has 4 rings (SSSR count). The van der Waals surface area contributed by atoms with Crippen molar-refractivity contribution >= 4 is 51.4 Å². The zero-order chi connectivity index (χ0) is 20.4. The first-order valence-corrected chi connectivity index (χ1v) is 11.0. The highest BCUT2D eigenvalue weighted by Crippen LogP contribution is 2.41. The van der Waals surface area contributed by atoms with Crippen molar-refractivity contribution in [3.8, 4) is 0 Å². The molecule has 0 unspecified atom stereocenters. The fourth-order valence-electron chi connectivity index (χ4n) is 3.78. The molecule has 0 bridgehead atoms. The summed E-state index contributed by atoms with van der Waals surface area (Å²) >= 11 is 7.65. The van der Waals surface area contributed by atoms with E-state index in [0.29, 0.717) is 26.6 Å². The Kier molecular flexibility index (Phi) is 5.92. The predicted octanol–water partition coefficient (Wildman–Crippen LogP) is 5.64. The number of allylic oxidation sites excluding steroid dienone is 1. The number of nitrogens with zero attached hydrogens (tertiary/aromatic N) is 3. The third-order valence-corrected chi connectivity index (χ3v) is 6.84. The number of amides is 1. The van der Waals surface area contributed by atoms with Gasteiger partial charge in [0.05, 0.1) is 4.91 Å². The highest BCUT2D eigenvalue weighted by Gasteiger charge is 2.39. The number of nitrogens with two attached hydrogens (primary N) is 1. The van der Waals surface area contributed by atoms with E-state index >= 15 is 0 Å². The van der Waals surface area contributed by atoms with Crippen LogP contribution in [0.5, 0.6) is 0 Å². The molecule has 0 radical (unpaired) electrons. The summed E-state index contributed by atoms with van der Waals surface area (Å²) in [5.74, 6) is 0.0231. The van der Waals surface area contributed by atoms with Crippen LogP contribution >= 0.6 is 23.4 Å². The van der Waals surface area contributed by atoms with Crippen LogP contribution in [-0.2, 0) is 4.79 Å². The average molecular weight is 427 g/mol. The molecular formula is C22H23ClN4OS. The lowest BCUT2D eigenvalue weighted by molar-refractivity contribution is -0.124. The van der Waals surface area contributed by atoms with Gasteiger partial charge in [0.25, 0.3) is 5.91 Å². The third kappa shape index (κ3) is 4.19. The number of nitrogen functional groups attached to an aromatic ring is 1. The van der Waals surface area contributed by atoms with Crippen molar-refractivity contribution < 1.29 is 4.79 Å². The molecule has 1 aromatic heterocycles. The molecule has 2 aliphatic rings. The van der Waals surface area contributed by atoms with Crippen LogP contribution in [0.4, 0.5) is 11.4 Å². The number of anilines is 1. The largest absolute Gasteiger partial charge is 0.399 e. The molecule has 2 fully saturated rings. The van der Waals surface area contributed by atoms with Crippen molar-refractivity contribution in [3.63, 3.8) is 0 Å². The summed E-state index contributed by atoms with van der Waals surface area (Å²) in [4.78, 5) is 24.9. The van der Waals surface area contributed by atoms with Gasteiger partial charge < -0.3 is 5.73 Å². The number of hydrogen-bond acceptors (Lipinski definition) is 5. The first kappa shape index (κ1) is 20.0. The second kappa shape index (κ2) is 8.59. The zero-order valence-electron chi connectivity index (χ0n) is 16.3. The molecule has 2 heterocycles. The van der Waals surface area contributed by atoms with Crippen molar-refractivity contribution in [1.82, 2.24) is 9.88 Å². The van der Waals surface area contributed by atoms with Crippen molar-refractivity contribution in [2.75, 3.05) is 5.73 Å². The lowest BCUT2D eigenvalue weighted by Gasteiger charge is -2.30. The standard InChI is InChI=1S/C22H23ClN4OS/c1-14(15-9-11-16(24)12-10-15)19-21(28)27(17-6-3-2-4-7-17)22(29-19)26-18-8-5-13-25-20(18)23/h5,8-13,17H,2-4,6-7,24H2,1H3/b19-14-,26-22?. The fraction of sp³-hybridized carbons (Fsp3) is 0.318. The van der Waals surface area contributed by atoms with Gasteiger partial charge in [0.15, 0.2) is 10.3 Å². The first-order valence-electron chi connectivity index (χ1n) is 9.82. The van der Waals surface area contributed by atoms with Gasteiger partial charge >= 0.3 is 0 Å². The number of carbonyl (C=O) groups is 1. The summed E-state index contributed by atoms with van der Waals surface area (Å²) in [6.07, 6.45) is 7.13. The van der Waals surface area contributed by atoms with E-state index in [1.807, 2.05) is 42.2 Å². The third-order valence-electron chi connectivity index (χ3n) is 5.39. The second-order valence-corrected chi connectivity index (χ2v) is 8.69. The number of carbonyl (C=O) groups excluding carboxylic acids is 1. The lowest BCUT2D eigenvalue weighted by Crippen LogP contribution is -2.40. The summed E-state index contributed by atoms with van der Waals surface area (Å²) in [7, 11) is 0. The molecule has 2 aromatic rings. The number of halogens is 1. The van der Waals surface area contributed by atoms with E-state index in [-0.39, 0.29) is 11.9 Å². The number of aliphatic imine (C=N–C) groups is 1. The number of rotatable bonds is 3. The molecule has 5 nitrogen and oxygen atoms in total. The Morgan fingerprint density at radius 2 is 1.93 bits per heavy atom. The van der Waals surface area contributed by atoms with Crippen LogP contribution in [-0.4, -0.2) is 27.0 Å². The van der Waals surface area contributed by atoms with Gasteiger partial charge in [0.2, 0.25) is 0 Å². The fourth-order valence-corrected chi connectivity index (χ4v) is 5.06.